The number of hydrogen-bond acceptors (Lipinski definition) is 5. The molecule has 34 heavy (non-hydrogen) atoms. The minimum atomic E-state index is -4.80. The number of alkyl halides is 3. The highest BCUT2D eigenvalue weighted by atomic mass is 19.4. The first kappa shape index (κ1) is 25.2. The molecule has 2 aromatic rings. The van der Waals surface area contributed by atoms with Crippen molar-refractivity contribution in [1.82, 2.24) is 4.90 Å². The molecule has 0 spiro atoms. The van der Waals surface area contributed by atoms with Crippen LogP contribution in [0.15, 0.2) is 54.6 Å². The van der Waals surface area contributed by atoms with Crippen LogP contribution in [0, 0.1) is 5.92 Å². The number of anilines is 1. The summed E-state index contributed by atoms with van der Waals surface area (Å²) in [5.74, 6) is -0.956. The van der Waals surface area contributed by atoms with Gasteiger partial charge in [-0.3, -0.25) is 4.79 Å². The summed E-state index contributed by atoms with van der Waals surface area (Å²) in [6.07, 6.45) is -4.38. The van der Waals surface area contributed by atoms with Gasteiger partial charge >= 0.3 is 12.5 Å². The maximum Gasteiger partial charge on any atom is 0.573 e. The predicted octanol–water partition coefficient (Wildman–Crippen LogP) is 5.56. The van der Waals surface area contributed by atoms with Crippen molar-refractivity contribution in [3.05, 3.63) is 54.6 Å². The molecule has 184 valence electrons. The molecule has 1 heterocycles. The third kappa shape index (κ3) is 7.29. The molecule has 0 aliphatic carbocycles. The minimum Gasteiger partial charge on any atom is -0.444 e. The fourth-order valence-electron chi connectivity index (χ4n) is 3.40. The van der Waals surface area contributed by atoms with Gasteiger partial charge in [-0.05, 0) is 70.0 Å². The van der Waals surface area contributed by atoms with E-state index in [4.69, 9.17) is 9.57 Å². The molecular weight excluding hydrogens is 453 g/mol. The van der Waals surface area contributed by atoms with Crippen LogP contribution in [0.1, 0.15) is 33.6 Å². The van der Waals surface area contributed by atoms with Gasteiger partial charge in [-0.15, -0.1) is 18.2 Å². The lowest BCUT2D eigenvalue weighted by Crippen LogP contribution is -2.46. The number of nitrogens with zero attached hydrogens (tertiary/aromatic N) is 2. The highest BCUT2D eigenvalue weighted by Gasteiger charge is 2.34. The lowest BCUT2D eigenvalue weighted by atomic mass is 9.96. The van der Waals surface area contributed by atoms with Crippen molar-refractivity contribution >= 4 is 17.7 Å². The number of amides is 2. The van der Waals surface area contributed by atoms with E-state index >= 15 is 0 Å². The van der Waals surface area contributed by atoms with E-state index in [1.165, 1.54) is 12.1 Å². The molecule has 0 N–H and O–H groups in total. The first-order chi connectivity index (χ1) is 15.9. The number of hydroxylamine groups is 1. The van der Waals surface area contributed by atoms with Crippen LogP contribution in [0.2, 0.25) is 0 Å². The maximum atomic E-state index is 13.4. The zero-order chi connectivity index (χ0) is 24.9. The molecule has 2 amide bonds. The highest BCUT2D eigenvalue weighted by molar-refractivity contribution is 5.93. The molecule has 1 saturated heterocycles. The van der Waals surface area contributed by atoms with Crippen LogP contribution in [0.3, 0.4) is 0 Å². The van der Waals surface area contributed by atoms with Gasteiger partial charge in [0.05, 0.1) is 5.69 Å². The van der Waals surface area contributed by atoms with E-state index in [1.807, 2.05) is 0 Å². The summed E-state index contributed by atoms with van der Waals surface area (Å²) in [6, 6.07) is 13.4. The van der Waals surface area contributed by atoms with Crippen molar-refractivity contribution in [3.8, 4) is 11.5 Å². The smallest absolute Gasteiger partial charge is 0.444 e. The third-order valence-corrected chi connectivity index (χ3v) is 4.94. The summed E-state index contributed by atoms with van der Waals surface area (Å²) in [6.45, 7) is 6.09. The molecule has 1 aliphatic heterocycles. The Bertz CT molecular complexity index is 967. The second-order valence-electron chi connectivity index (χ2n) is 8.82. The highest BCUT2D eigenvalue weighted by Crippen LogP contribution is 2.28. The minimum absolute atomic E-state index is 0.165. The lowest BCUT2D eigenvalue weighted by Gasteiger charge is -2.34. The van der Waals surface area contributed by atoms with Crippen molar-refractivity contribution in [2.24, 2.45) is 5.92 Å². The Kier molecular flexibility index (Phi) is 7.58. The number of rotatable bonds is 5. The van der Waals surface area contributed by atoms with Crippen molar-refractivity contribution in [3.63, 3.8) is 0 Å². The second kappa shape index (κ2) is 10.2. The van der Waals surface area contributed by atoms with Gasteiger partial charge in [-0.25, -0.2) is 4.79 Å². The normalized spacial score (nSPS) is 14.9. The lowest BCUT2D eigenvalue weighted by molar-refractivity contribution is -0.274. The summed E-state index contributed by atoms with van der Waals surface area (Å²) in [5.41, 5.74) is -0.139. The van der Waals surface area contributed by atoms with Crippen molar-refractivity contribution in [1.29, 1.82) is 0 Å². The molecule has 0 aromatic heterocycles. The van der Waals surface area contributed by atoms with Gasteiger partial charge in [0.2, 0.25) is 0 Å². The Morgan fingerprint density at radius 3 is 2.00 bits per heavy atom. The van der Waals surface area contributed by atoms with E-state index in [9.17, 15) is 22.8 Å². The largest absolute Gasteiger partial charge is 0.573 e. The van der Waals surface area contributed by atoms with Crippen LogP contribution >= 0.6 is 0 Å². The summed E-state index contributed by atoms with van der Waals surface area (Å²) in [5, 5.41) is 1.13. The number of piperidine rings is 1. The summed E-state index contributed by atoms with van der Waals surface area (Å²) in [7, 11) is 0. The number of carbonyl (C=O) groups is 2. The number of benzene rings is 2. The molecule has 0 atom stereocenters. The molecule has 0 unspecified atom stereocenters. The number of halogens is 3. The standard InChI is InChI=1S/C24H27F3N2O5/c1-23(2,3)33-22(31)28-15-13-17(14-16-28)21(30)29(18-7-5-4-6-8-18)34-20-11-9-19(10-12-20)32-24(25,26)27/h4-12,17H,13-16H2,1-3H3. The Balaban J connectivity index is 1.70. The van der Waals surface area contributed by atoms with Gasteiger partial charge in [0, 0.05) is 19.0 Å². The Morgan fingerprint density at radius 1 is 0.912 bits per heavy atom. The topological polar surface area (TPSA) is 68.3 Å². The first-order valence-corrected chi connectivity index (χ1v) is 10.8. The summed E-state index contributed by atoms with van der Waals surface area (Å²) >= 11 is 0. The van der Waals surface area contributed by atoms with Gasteiger partial charge in [0.15, 0.2) is 5.75 Å². The monoisotopic (exact) mass is 480 g/mol. The van der Waals surface area contributed by atoms with Crippen LogP contribution in [-0.2, 0) is 9.53 Å². The first-order valence-electron chi connectivity index (χ1n) is 10.8. The molecule has 7 nitrogen and oxygen atoms in total. The van der Waals surface area contributed by atoms with Crippen LogP contribution < -0.4 is 14.6 Å². The number of hydrogen-bond donors (Lipinski definition) is 0. The quantitative estimate of drug-likeness (QED) is 0.524. The van der Waals surface area contributed by atoms with Gasteiger partial charge in [0.1, 0.15) is 11.4 Å². The molecule has 2 aromatic carbocycles. The van der Waals surface area contributed by atoms with Gasteiger partial charge < -0.3 is 19.2 Å². The number of carbonyl (C=O) groups excluding carboxylic acids is 2. The van der Waals surface area contributed by atoms with Crippen molar-refractivity contribution in [2.75, 3.05) is 18.2 Å². The van der Waals surface area contributed by atoms with E-state index in [-0.39, 0.29) is 11.7 Å². The molecule has 1 fully saturated rings. The fourth-order valence-corrected chi connectivity index (χ4v) is 3.40. The number of ether oxygens (including phenoxy) is 2. The van der Waals surface area contributed by atoms with E-state index < -0.39 is 29.7 Å². The summed E-state index contributed by atoms with van der Waals surface area (Å²) < 4.78 is 46.5. The average molecular weight is 480 g/mol. The molecule has 10 heteroatoms. The molecule has 3 rings (SSSR count). The Labute approximate surface area is 195 Å². The molecular formula is C24H27F3N2O5. The van der Waals surface area contributed by atoms with E-state index in [0.717, 1.165) is 17.2 Å². The molecule has 1 aliphatic rings. The van der Waals surface area contributed by atoms with Crippen LogP contribution in [0.5, 0.6) is 11.5 Å². The van der Waals surface area contributed by atoms with E-state index in [2.05, 4.69) is 4.74 Å². The Hall–Kier alpha value is -3.43. The Morgan fingerprint density at radius 2 is 1.47 bits per heavy atom. The van der Waals surface area contributed by atoms with Gasteiger partial charge in [0.25, 0.3) is 5.91 Å². The van der Waals surface area contributed by atoms with Crippen LogP contribution in [-0.4, -0.2) is 42.0 Å². The number of likely N-dealkylation sites (tertiary alicyclic amines) is 1. The van der Waals surface area contributed by atoms with Gasteiger partial charge in [-0.1, -0.05) is 18.2 Å². The van der Waals surface area contributed by atoms with E-state index in [1.54, 1.807) is 56.0 Å². The van der Waals surface area contributed by atoms with Crippen molar-refractivity contribution in [2.45, 2.75) is 45.6 Å². The van der Waals surface area contributed by atoms with Gasteiger partial charge in [-0.2, -0.15) is 0 Å². The second-order valence-corrected chi connectivity index (χ2v) is 8.82. The van der Waals surface area contributed by atoms with Crippen LogP contribution in [0.25, 0.3) is 0 Å². The van der Waals surface area contributed by atoms with Crippen LogP contribution in [0.4, 0.5) is 23.7 Å². The fraction of sp³-hybridized carbons (Fsp3) is 0.417. The molecule has 0 saturated carbocycles. The zero-order valence-corrected chi connectivity index (χ0v) is 19.2. The summed E-state index contributed by atoms with van der Waals surface area (Å²) in [4.78, 5) is 33.0. The maximum absolute atomic E-state index is 13.4. The zero-order valence-electron chi connectivity index (χ0n) is 19.2. The SMILES string of the molecule is CC(C)(C)OC(=O)N1CCC(C(=O)N(Oc2ccc(OC(F)(F)F)cc2)c2ccccc2)CC1. The molecule has 0 bridgehead atoms. The van der Waals surface area contributed by atoms with E-state index in [0.29, 0.717) is 31.6 Å². The average Bonchev–Trinajstić information content (AvgIpc) is 2.77. The molecule has 0 radical (unpaired) electrons. The van der Waals surface area contributed by atoms with Crippen molar-refractivity contribution < 1.29 is 37.1 Å². The predicted molar refractivity (Wildman–Crippen MR) is 118 cm³/mol. The third-order valence-electron chi connectivity index (χ3n) is 4.94. The number of para-hydroxylation sites is 1.